The fraction of sp³-hybridized carbons (Fsp3) is 0.745. The van der Waals surface area contributed by atoms with Gasteiger partial charge in [0.1, 0.15) is 13.2 Å². The van der Waals surface area contributed by atoms with Gasteiger partial charge in [-0.15, -0.1) is 0 Å². The number of esters is 2. The second kappa shape index (κ2) is 42.7. The number of hydrogen-bond acceptors (Lipinski definition) is 8. The van der Waals surface area contributed by atoms with Crippen molar-refractivity contribution in [2.75, 3.05) is 47.5 Å². The maximum Gasteiger partial charge on any atom is 0.306 e. The van der Waals surface area contributed by atoms with Crippen LogP contribution in [-0.4, -0.2) is 82.3 Å². The lowest BCUT2D eigenvalue weighted by Crippen LogP contribution is -2.44. The summed E-state index contributed by atoms with van der Waals surface area (Å²) in [5.41, 5.74) is 0. The summed E-state index contributed by atoms with van der Waals surface area (Å²) in [6.07, 6.45) is 48.1. The van der Waals surface area contributed by atoms with Crippen molar-refractivity contribution in [3.63, 3.8) is 0 Å². The Kier molecular flexibility index (Phi) is 40.5. The molecular weight excluding hydrogens is 755 g/mol. The first-order valence-electron chi connectivity index (χ1n) is 23.9. The minimum Gasteiger partial charge on any atom is -0.545 e. The maximum atomic E-state index is 12.8. The van der Waals surface area contributed by atoms with E-state index in [1.54, 1.807) is 0 Å². The molecule has 0 aromatic carbocycles. The van der Waals surface area contributed by atoms with Gasteiger partial charge in [0.25, 0.3) is 0 Å². The van der Waals surface area contributed by atoms with Crippen LogP contribution in [0, 0.1) is 0 Å². The van der Waals surface area contributed by atoms with Crippen LogP contribution in [0.1, 0.15) is 187 Å². The average Bonchev–Trinajstić information content (AvgIpc) is 3.21. The second-order valence-corrected chi connectivity index (χ2v) is 17.0. The van der Waals surface area contributed by atoms with Crippen molar-refractivity contribution >= 4 is 17.9 Å². The fourth-order valence-electron chi connectivity index (χ4n) is 6.28. The Balaban J connectivity index is 4.43. The summed E-state index contributed by atoms with van der Waals surface area (Å²) in [5.74, 6) is -2.31. The van der Waals surface area contributed by atoms with Crippen LogP contribution >= 0.6 is 0 Å². The number of carboxylic acid groups (broad SMARTS) is 1. The minimum absolute atomic E-state index is 0.142. The highest BCUT2D eigenvalue weighted by Gasteiger charge is 2.21. The molecule has 0 amide bonds. The number of carbonyl (C=O) groups excluding carboxylic acids is 3. The maximum absolute atomic E-state index is 12.8. The molecule has 346 valence electrons. The number of nitrogens with zero attached hydrogens (tertiary/aromatic N) is 1. The van der Waals surface area contributed by atoms with Crippen molar-refractivity contribution in [2.45, 2.75) is 200 Å². The third-order valence-electron chi connectivity index (χ3n) is 10.00. The molecule has 9 nitrogen and oxygen atoms in total. The predicted molar refractivity (Wildman–Crippen MR) is 246 cm³/mol. The van der Waals surface area contributed by atoms with Crippen LogP contribution in [0.2, 0.25) is 0 Å². The van der Waals surface area contributed by atoms with E-state index in [-0.39, 0.29) is 38.6 Å². The third kappa shape index (κ3) is 43.1. The number of rotatable bonds is 43. The van der Waals surface area contributed by atoms with Crippen LogP contribution in [-0.2, 0) is 33.3 Å². The van der Waals surface area contributed by atoms with Crippen molar-refractivity contribution in [1.82, 2.24) is 0 Å². The van der Waals surface area contributed by atoms with E-state index in [1.165, 1.54) is 70.6 Å². The van der Waals surface area contributed by atoms with E-state index in [2.05, 4.69) is 74.6 Å². The van der Waals surface area contributed by atoms with Gasteiger partial charge in [-0.3, -0.25) is 9.59 Å². The molecule has 0 rings (SSSR count). The zero-order chi connectivity index (χ0) is 44.2. The zero-order valence-corrected chi connectivity index (χ0v) is 39.1. The first-order chi connectivity index (χ1) is 29.1. The largest absolute Gasteiger partial charge is 0.545 e. The molecule has 0 aromatic rings. The monoisotopic (exact) mass is 844 g/mol. The van der Waals surface area contributed by atoms with Crippen LogP contribution < -0.4 is 5.11 Å². The Bertz CT molecular complexity index is 1170. The minimum atomic E-state index is -1.63. The quantitative estimate of drug-likeness (QED) is 0.0196. The molecule has 60 heavy (non-hydrogen) atoms. The van der Waals surface area contributed by atoms with Crippen LogP contribution in [0.25, 0.3) is 0 Å². The lowest BCUT2D eigenvalue weighted by Gasteiger charge is -2.26. The fourth-order valence-corrected chi connectivity index (χ4v) is 6.28. The summed E-state index contributed by atoms with van der Waals surface area (Å²) in [7, 11) is 5.90. The first kappa shape index (κ1) is 57.0. The van der Waals surface area contributed by atoms with Crippen LogP contribution in [0.3, 0.4) is 0 Å². The van der Waals surface area contributed by atoms with E-state index in [1.807, 2.05) is 21.1 Å². The number of carbonyl (C=O) groups is 3. The molecule has 0 radical (unpaired) electrons. The van der Waals surface area contributed by atoms with Crippen molar-refractivity contribution in [2.24, 2.45) is 0 Å². The Morgan fingerprint density at radius 2 is 0.950 bits per heavy atom. The number of aliphatic carboxylic acids is 1. The van der Waals surface area contributed by atoms with Crippen LogP contribution in [0.4, 0.5) is 0 Å². The Morgan fingerprint density at radius 1 is 0.517 bits per heavy atom. The molecule has 0 bridgehead atoms. The number of likely N-dealkylation sites (N-methyl/N-ethyl adjacent to an activating group) is 1. The van der Waals surface area contributed by atoms with Crippen LogP contribution in [0.15, 0.2) is 60.8 Å². The molecule has 0 saturated carbocycles. The lowest BCUT2D eigenvalue weighted by atomic mass is 10.1. The highest BCUT2D eigenvalue weighted by atomic mass is 16.7. The van der Waals surface area contributed by atoms with Crippen LogP contribution in [0.5, 0.6) is 0 Å². The number of ether oxygens (including phenoxy) is 4. The summed E-state index contributed by atoms with van der Waals surface area (Å²) in [5, 5.41) is 11.7. The molecule has 0 spiro atoms. The Hall–Kier alpha value is -3.01. The predicted octanol–water partition coefficient (Wildman–Crippen LogP) is 11.6. The topological polar surface area (TPSA) is 111 Å². The van der Waals surface area contributed by atoms with Gasteiger partial charge in [0.05, 0.1) is 40.3 Å². The molecular formula is C51H89NO8. The molecule has 0 aliphatic heterocycles. The Morgan fingerprint density at radius 3 is 1.42 bits per heavy atom. The van der Waals surface area contributed by atoms with Gasteiger partial charge in [-0.25, -0.2) is 0 Å². The number of unbranched alkanes of at least 4 members (excludes halogenated alkanes) is 18. The van der Waals surface area contributed by atoms with Crippen molar-refractivity contribution < 1.29 is 42.9 Å². The average molecular weight is 844 g/mol. The van der Waals surface area contributed by atoms with Gasteiger partial charge in [-0.05, 0) is 77.0 Å². The van der Waals surface area contributed by atoms with E-state index in [9.17, 15) is 19.5 Å². The van der Waals surface area contributed by atoms with Gasteiger partial charge >= 0.3 is 11.9 Å². The molecule has 9 heteroatoms. The lowest BCUT2D eigenvalue weighted by molar-refractivity contribution is -0.870. The summed E-state index contributed by atoms with van der Waals surface area (Å²) < 4.78 is 22.6. The van der Waals surface area contributed by atoms with Gasteiger partial charge in [0, 0.05) is 12.8 Å². The van der Waals surface area contributed by atoms with E-state index < -0.39 is 24.3 Å². The molecule has 0 aliphatic rings. The zero-order valence-electron chi connectivity index (χ0n) is 39.1. The number of carboxylic acids is 1. The summed E-state index contributed by atoms with van der Waals surface area (Å²) in [4.78, 5) is 37.1. The van der Waals surface area contributed by atoms with Crippen molar-refractivity contribution in [3.8, 4) is 0 Å². The van der Waals surface area contributed by atoms with E-state index in [4.69, 9.17) is 18.9 Å². The summed E-state index contributed by atoms with van der Waals surface area (Å²) in [6.45, 7) is 4.59. The third-order valence-corrected chi connectivity index (χ3v) is 10.00. The van der Waals surface area contributed by atoms with E-state index >= 15 is 0 Å². The summed E-state index contributed by atoms with van der Waals surface area (Å²) >= 11 is 0. The molecule has 0 fully saturated rings. The van der Waals surface area contributed by atoms with E-state index in [0.29, 0.717) is 17.4 Å². The standard InChI is InChI=1S/C51H89NO8/c1-6-8-10-12-14-16-18-20-22-24-26-27-29-31-33-35-37-39-41-48(53)58-45-47(46-59-51(50(55)56)57-44-43-52(3,4)5)60-49(54)42-40-38-36-34-32-30-28-25-23-21-19-17-15-13-11-9-7-2/h9,11,15-18,21-24,47,51H,6-8,10,12-14,19-20,25-46H2,1-5H3/b11-9-,17-15-,18-16-,23-21-,24-22-. The van der Waals surface area contributed by atoms with Gasteiger partial charge in [-0.1, -0.05) is 158 Å². The highest BCUT2D eigenvalue weighted by Crippen LogP contribution is 2.14. The number of quaternary nitrogens is 1. The molecule has 0 saturated heterocycles. The van der Waals surface area contributed by atoms with Gasteiger partial charge in [-0.2, -0.15) is 0 Å². The number of allylic oxidation sites excluding steroid dienone is 10. The molecule has 2 atom stereocenters. The first-order valence-corrected chi connectivity index (χ1v) is 23.9. The molecule has 2 unspecified atom stereocenters. The smallest absolute Gasteiger partial charge is 0.306 e. The molecule has 0 N–H and O–H groups in total. The molecule has 0 aliphatic carbocycles. The normalized spacial score (nSPS) is 13.4. The SMILES string of the molecule is CC/C=C\C/C=C\C/C=C\CCCCCCCCCC(=O)OC(COC(=O)CCCCCCCCC/C=C\C/C=C\CCCCCC)COC(OCC[N+](C)(C)C)C(=O)[O-]. The highest BCUT2D eigenvalue weighted by molar-refractivity contribution is 5.70. The molecule has 0 aromatic heterocycles. The summed E-state index contributed by atoms with van der Waals surface area (Å²) in [6, 6.07) is 0. The Labute approximate surface area is 367 Å². The van der Waals surface area contributed by atoms with Gasteiger partial charge in [0.15, 0.2) is 12.4 Å². The second-order valence-electron chi connectivity index (χ2n) is 17.0. The number of hydrogen-bond donors (Lipinski definition) is 0. The van der Waals surface area contributed by atoms with Gasteiger partial charge < -0.3 is 33.3 Å². The van der Waals surface area contributed by atoms with Gasteiger partial charge in [0.2, 0.25) is 0 Å². The van der Waals surface area contributed by atoms with Crippen molar-refractivity contribution in [1.29, 1.82) is 0 Å². The molecule has 0 heterocycles. The van der Waals surface area contributed by atoms with Crippen molar-refractivity contribution in [3.05, 3.63) is 60.8 Å². The van der Waals surface area contributed by atoms with E-state index in [0.717, 1.165) is 83.5 Å².